The zero-order valence-electron chi connectivity index (χ0n) is 34.6. The Morgan fingerprint density at radius 3 is 0.984 bits per heavy atom. The van der Waals surface area contributed by atoms with Crippen LogP contribution in [0.4, 0.5) is 17.1 Å². The van der Waals surface area contributed by atoms with Crippen LogP contribution >= 0.6 is 0 Å². The van der Waals surface area contributed by atoms with Gasteiger partial charge in [0.05, 0.1) is 16.5 Å². The Hall–Kier alpha value is -8.00. The number of hydrogen-bond donors (Lipinski definition) is 0. The molecule has 0 amide bonds. The largest absolute Gasteiger partial charge is 0.310 e. The van der Waals surface area contributed by atoms with Gasteiger partial charge in [-0.2, -0.15) is 0 Å². The van der Waals surface area contributed by atoms with Crippen molar-refractivity contribution in [3.8, 4) is 44.5 Å². The molecule has 0 heterocycles. The summed E-state index contributed by atoms with van der Waals surface area (Å²) < 4.78 is 0. The molecule has 10 aromatic carbocycles. The number of fused-ring (bicyclic) bond motifs is 16. The number of hydrogen-bond acceptors (Lipinski definition) is 1. The van der Waals surface area contributed by atoms with Crippen LogP contribution < -0.4 is 4.90 Å². The maximum atomic E-state index is 2.51. The van der Waals surface area contributed by atoms with Crippen molar-refractivity contribution >= 4 is 17.1 Å². The van der Waals surface area contributed by atoms with Crippen molar-refractivity contribution in [3.05, 3.63) is 293 Å². The molecule has 10 aromatic rings. The van der Waals surface area contributed by atoms with E-state index in [0.717, 1.165) is 17.1 Å². The molecule has 0 radical (unpaired) electrons. The van der Waals surface area contributed by atoms with Crippen LogP contribution in [0.2, 0.25) is 0 Å². The summed E-state index contributed by atoms with van der Waals surface area (Å²) in [5.74, 6) is 0. The summed E-state index contributed by atoms with van der Waals surface area (Å²) in [6.45, 7) is 0. The minimum atomic E-state index is -0.639. The summed E-state index contributed by atoms with van der Waals surface area (Å²) in [7, 11) is 0. The predicted molar refractivity (Wildman–Crippen MR) is 260 cm³/mol. The minimum absolute atomic E-state index is 0.501. The van der Waals surface area contributed by atoms with Crippen LogP contribution in [0.3, 0.4) is 0 Å². The third kappa shape index (κ3) is 4.88. The van der Waals surface area contributed by atoms with E-state index < -0.39 is 10.8 Å². The van der Waals surface area contributed by atoms with E-state index in [4.69, 9.17) is 0 Å². The van der Waals surface area contributed by atoms with Crippen LogP contribution in [0.15, 0.2) is 249 Å². The summed E-state index contributed by atoms with van der Waals surface area (Å²) in [6.07, 6.45) is 0. The Kier molecular flexibility index (Phi) is 7.80. The number of benzene rings is 10. The van der Waals surface area contributed by atoms with E-state index in [9.17, 15) is 0 Å². The zero-order chi connectivity index (χ0) is 41.5. The fourth-order valence-corrected chi connectivity index (χ4v) is 11.8. The Labute approximate surface area is 368 Å². The molecule has 294 valence electrons. The van der Waals surface area contributed by atoms with Gasteiger partial charge in [0.15, 0.2) is 0 Å². The van der Waals surface area contributed by atoms with Gasteiger partial charge in [-0.1, -0.05) is 218 Å². The van der Waals surface area contributed by atoms with Crippen molar-refractivity contribution in [3.63, 3.8) is 0 Å². The lowest BCUT2D eigenvalue weighted by Crippen LogP contribution is -2.44. The molecule has 2 spiro atoms. The van der Waals surface area contributed by atoms with Crippen molar-refractivity contribution in [1.82, 2.24) is 0 Å². The van der Waals surface area contributed by atoms with Crippen LogP contribution in [0.5, 0.6) is 0 Å². The molecule has 1 nitrogen and oxygen atoms in total. The molecular formula is C62H41N. The van der Waals surface area contributed by atoms with Gasteiger partial charge in [-0.25, -0.2) is 0 Å². The van der Waals surface area contributed by atoms with E-state index in [0.29, 0.717) is 0 Å². The van der Waals surface area contributed by atoms with Gasteiger partial charge in [0.1, 0.15) is 0 Å². The second-order valence-electron chi connectivity index (χ2n) is 17.1. The Morgan fingerprint density at radius 1 is 0.222 bits per heavy atom. The number of nitrogens with zero attached hydrogens (tertiary/aromatic N) is 1. The molecule has 3 aliphatic carbocycles. The first-order chi connectivity index (χ1) is 31.3. The third-order valence-corrected chi connectivity index (χ3v) is 14.2. The molecule has 3 aliphatic rings. The van der Waals surface area contributed by atoms with E-state index in [2.05, 4.69) is 254 Å². The van der Waals surface area contributed by atoms with E-state index in [-0.39, 0.29) is 0 Å². The highest BCUT2D eigenvalue weighted by molar-refractivity contribution is 5.98. The van der Waals surface area contributed by atoms with E-state index in [1.165, 1.54) is 89.0 Å². The molecule has 0 saturated heterocycles. The van der Waals surface area contributed by atoms with Crippen molar-refractivity contribution in [1.29, 1.82) is 0 Å². The summed E-state index contributed by atoms with van der Waals surface area (Å²) in [5, 5.41) is 0. The molecule has 0 atom stereocenters. The van der Waals surface area contributed by atoms with Crippen molar-refractivity contribution < 1.29 is 0 Å². The normalized spacial score (nSPS) is 14.0. The van der Waals surface area contributed by atoms with Gasteiger partial charge in [-0.15, -0.1) is 0 Å². The molecule has 0 bridgehead atoms. The molecule has 0 aromatic heterocycles. The summed E-state index contributed by atoms with van der Waals surface area (Å²) >= 11 is 0. The van der Waals surface area contributed by atoms with Crippen molar-refractivity contribution in [2.45, 2.75) is 10.8 Å². The molecule has 13 rings (SSSR count). The van der Waals surface area contributed by atoms with Gasteiger partial charge in [0.2, 0.25) is 0 Å². The third-order valence-electron chi connectivity index (χ3n) is 14.2. The fourth-order valence-electron chi connectivity index (χ4n) is 11.8. The maximum absolute atomic E-state index is 2.51. The quantitative estimate of drug-likeness (QED) is 0.168. The highest BCUT2D eigenvalue weighted by atomic mass is 15.1. The van der Waals surface area contributed by atoms with Crippen molar-refractivity contribution in [2.75, 3.05) is 4.90 Å². The highest BCUT2D eigenvalue weighted by Gasteiger charge is 2.59. The van der Waals surface area contributed by atoms with E-state index >= 15 is 0 Å². The Bertz CT molecular complexity index is 3200. The van der Waals surface area contributed by atoms with Gasteiger partial charge in [-0.05, 0) is 114 Å². The molecule has 0 fully saturated rings. The van der Waals surface area contributed by atoms with Crippen LogP contribution in [-0.2, 0) is 10.8 Å². The van der Waals surface area contributed by atoms with Crippen LogP contribution in [0, 0.1) is 0 Å². The number of anilines is 3. The van der Waals surface area contributed by atoms with Crippen LogP contribution in [0.25, 0.3) is 44.5 Å². The monoisotopic (exact) mass is 799 g/mol. The van der Waals surface area contributed by atoms with E-state index in [1.54, 1.807) is 0 Å². The zero-order valence-corrected chi connectivity index (χ0v) is 34.6. The van der Waals surface area contributed by atoms with Crippen LogP contribution in [0.1, 0.15) is 44.5 Å². The number of rotatable bonds is 5. The topological polar surface area (TPSA) is 3.24 Å². The second-order valence-corrected chi connectivity index (χ2v) is 17.1. The molecule has 0 aliphatic heterocycles. The molecule has 0 saturated carbocycles. The standard InChI is InChI=1S/C62H41N/c1-3-18-42(19-4-1)44-34-38-46(39-35-44)63(47-40-36-45(37-41-47)43-20-5-2-6-21-43)59-33-17-25-51-50-24-9-12-28-54(50)62(60(51)59)57-31-15-13-29-55(57)61(56-30-14-16-32-58(56)62)52-26-10-7-22-48(52)49-23-8-11-27-53(49)61/h1-41H. The van der Waals surface area contributed by atoms with Gasteiger partial charge in [0.25, 0.3) is 0 Å². The molecule has 0 N–H and O–H groups in total. The second kappa shape index (κ2) is 13.8. The Morgan fingerprint density at radius 2 is 0.540 bits per heavy atom. The Balaban J connectivity index is 1.12. The van der Waals surface area contributed by atoms with E-state index in [1.807, 2.05) is 0 Å². The molecule has 1 heteroatoms. The lowest BCUT2D eigenvalue weighted by Gasteiger charge is -2.49. The van der Waals surface area contributed by atoms with Gasteiger partial charge in [0, 0.05) is 16.9 Å². The molecule has 63 heavy (non-hydrogen) atoms. The summed E-state index contributed by atoms with van der Waals surface area (Å²) in [4.78, 5) is 2.51. The van der Waals surface area contributed by atoms with Crippen LogP contribution in [-0.4, -0.2) is 0 Å². The molecular weight excluding hydrogens is 759 g/mol. The average Bonchev–Trinajstić information content (AvgIpc) is 3.83. The smallest absolute Gasteiger partial charge is 0.0740 e. The first-order valence-corrected chi connectivity index (χ1v) is 22.0. The SMILES string of the molecule is c1ccc(-c2ccc(N(c3ccc(-c4ccccc4)cc3)c3cccc4c3C3(c5ccccc5-4)c4ccccc4C4(c5ccccc5-c5ccccc54)c4ccccc43)cc2)cc1. The van der Waals surface area contributed by atoms with Crippen molar-refractivity contribution in [2.24, 2.45) is 0 Å². The van der Waals surface area contributed by atoms with Gasteiger partial charge >= 0.3 is 0 Å². The summed E-state index contributed by atoms with van der Waals surface area (Å²) in [5.41, 5.74) is 22.8. The lowest BCUT2D eigenvalue weighted by molar-refractivity contribution is 0.633. The predicted octanol–water partition coefficient (Wildman–Crippen LogP) is 15.5. The first-order valence-electron chi connectivity index (χ1n) is 22.0. The maximum Gasteiger partial charge on any atom is 0.0740 e. The molecule has 0 unspecified atom stereocenters. The van der Waals surface area contributed by atoms with Gasteiger partial charge in [-0.3, -0.25) is 0 Å². The van der Waals surface area contributed by atoms with Gasteiger partial charge < -0.3 is 4.90 Å². The minimum Gasteiger partial charge on any atom is -0.310 e. The first kappa shape index (κ1) is 35.7. The average molecular weight is 800 g/mol. The summed E-state index contributed by atoms with van der Waals surface area (Å²) in [6, 6.07) is 92.8. The fraction of sp³-hybridized carbons (Fsp3) is 0.0323. The lowest BCUT2D eigenvalue weighted by atomic mass is 9.52. The highest BCUT2D eigenvalue weighted by Crippen LogP contribution is 2.68.